The zero-order chi connectivity index (χ0) is 8.15. The minimum absolute atomic E-state index is 0. The van der Waals surface area contributed by atoms with Crippen molar-refractivity contribution in [1.29, 1.82) is 0 Å². The summed E-state index contributed by atoms with van der Waals surface area (Å²) in [6.07, 6.45) is 0.330. The first kappa shape index (κ1) is 13.0. The van der Waals surface area contributed by atoms with E-state index in [9.17, 15) is 9.59 Å². The molecule has 0 amide bonds. The standard InChI is InChI=1S/C6H11NO3.ClH/c1-3-5(8)4(2)6(9)10-7;/h4H,3,7H2,1-2H3;1H. The van der Waals surface area contributed by atoms with Crippen LogP contribution in [0.3, 0.4) is 0 Å². The zero-order valence-corrected chi connectivity index (χ0v) is 7.31. The van der Waals surface area contributed by atoms with Crippen LogP contribution in [0.2, 0.25) is 0 Å². The molecule has 11 heavy (non-hydrogen) atoms. The number of rotatable bonds is 3. The molecular weight excluding hydrogens is 170 g/mol. The Labute approximate surface area is 71.4 Å². The van der Waals surface area contributed by atoms with E-state index in [0.717, 1.165) is 0 Å². The lowest BCUT2D eigenvalue weighted by Crippen LogP contribution is -2.24. The van der Waals surface area contributed by atoms with E-state index < -0.39 is 11.9 Å². The van der Waals surface area contributed by atoms with Crippen LogP contribution in [0.5, 0.6) is 0 Å². The topological polar surface area (TPSA) is 69.4 Å². The lowest BCUT2D eigenvalue weighted by atomic mass is 10.1. The van der Waals surface area contributed by atoms with Gasteiger partial charge < -0.3 is 4.84 Å². The number of hydrogen-bond donors (Lipinski definition) is 1. The maximum atomic E-state index is 10.8. The molecule has 4 nitrogen and oxygen atoms in total. The Bertz CT molecular complexity index is 133. The van der Waals surface area contributed by atoms with Crippen LogP contribution >= 0.6 is 12.4 Å². The fraction of sp³-hybridized carbons (Fsp3) is 0.667. The van der Waals surface area contributed by atoms with Gasteiger partial charge in [0, 0.05) is 6.42 Å². The molecule has 0 spiro atoms. The van der Waals surface area contributed by atoms with E-state index in [1.165, 1.54) is 6.92 Å². The third-order valence-electron chi connectivity index (χ3n) is 1.30. The molecule has 0 aliphatic carbocycles. The third-order valence-corrected chi connectivity index (χ3v) is 1.30. The van der Waals surface area contributed by atoms with Crippen molar-refractivity contribution in [3.8, 4) is 0 Å². The van der Waals surface area contributed by atoms with Crippen molar-refractivity contribution in [2.75, 3.05) is 0 Å². The monoisotopic (exact) mass is 181 g/mol. The molecule has 0 saturated heterocycles. The second kappa shape index (κ2) is 6.12. The highest BCUT2D eigenvalue weighted by Gasteiger charge is 2.20. The van der Waals surface area contributed by atoms with Crippen LogP contribution in [0.15, 0.2) is 0 Å². The Morgan fingerprint density at radius 1 is 1.55 bits per heavy atom. The van der Waals surface area contributed by atoms with Crippen LogP contribution in [-0.4, -0.2) is 11.8 Å². The Balaban J connectivity index is 0. The molecule has 5 heteroatoms. The summed E-state index contributed by atoms with van der Waals surface area (Å²) in [5, 5.41) is 0. The fourth-order valence-electron chi connectivity index (χ4n) is 0.540. The van der Waals surface area contributed by atoms with Crippen LogP contribution < -0.4 is 5.90 Å². The summed E-state index contributed by atoms with van der Waals surface area (Å²) in [4.78, 5) is 25.2. The highest BCUT2D eigenvalue weighted by molar-refractivity contribution is 5.98. The lowest BCUT2D eigenvalue weighted by molar-refractivity contribution is -0.151. The number of halogens is 1. The summed E-state index contributed by atoms with van der Waals surface area (Å²) in [6.45, 7) is 3.16. The van der Waals surface area contributed by atoms with Gasteiger partial charge in [-0.05, 0) is 6.92 Å². The maximum Gasteiger partial charge on any atom is 0.334 e. The molecule has 0 aromatic rings. The quantitative estimate of drug-likeness (QED) is 0.507. The van der Waals surface area contributed by atoms with Gasteiger partial charge in [-0.2, -0.15) is 5.90 Å². The smallest absolute Gasteiger partial charge is 0.334 e. The molecule has 0 aliphatic rings. The molecule has 0 fully saturated rings. The summed E-state index contributed by atoms with van der Waals surface area (Å²) in [5.41, 5.74) is 0. The van der Waals surface area contributed by atoms with Crippen LogP contribution in [-0.2, 0) is 14.4 Å². The first-order valence-corrected chi connectivity index (χ1v) is 3.06. The molecule has 0 rings (SSSR count). The largest absolute Gasteiger partial charge is 0.373 e. The van der Waals surface area contributed by atoms with Crippen molar-refractivity contribution in [2.45, 2.75) is 20.3 Å². The molecule has 1 atom stereocenters. The van der Waals surface area contributed by atoms with E-state index in [0.29, 0.717) is 6.42 Å². The van der Waals surface area contributed by atoms with Crippen LogP contribution in [0, 0.1) is 5.92 Å². The van der Waals surface area contributed by atoms with Gasteiger partial charge in [0.15, 0.2) is 0 Å². The number of ketones is 1. The Morgan fingerprint density at radius 2 is 2.00 bits per heavy atom. The summed E-state index contributed by atoms with van der Waals surface area (Å²) >= 11 is 0. The number of carbonyl (C=O) groups excluding carboxylic acids is 2. The van der Waals surface area contributed by atoms with Gasteiger partial charge >= 0.3 is 5.97 Å². The van der Waals surface area contributed by atoms with Gasteiger partial charge in [-0.25, -0.2) is 4.79 Å². The zero-order valence-electron chi connectivity index (χ0n) is 6.49. The molecule has 0 aromatic heterocycles. The number of nitrogens with two attached hydrogens (primary N) is 1. The summed E-state index contributed by atoms with van der Waals surface area (Å²) < 4.78 is 0. The van der Waals surface area contributed by atoms with Crippen molar-refractivity contribution in [1.82, 2.24) is 0 Å². The van der Waals surface area contributed by atoms with Crippen molar-refractivity contribution in [3.63, 3.8) is 0 Å². The average Bonchev–Trinajstić information content (AvgIpc) is 2.00. The van der Waals surface area contributed by atoms with E-state index >= 15 is 0 Å². The predicted molar refractivity (Wildman–Crippen MR) is 42.0 cm³/mol. The van der Waals surface area contributed by atoms with Gasteiger partial charge in [0.25, 0.3) is 0 Å². The van der Waals surface area contributed by atoms with Gasteiger partial charge in [0.2, 0.25) is 0 Å². The van der Waals surface area contributed by atoms with E-state index in [1.807, 2.05) is 0 Å². The fourth-order valence-corrected chi connectivity index (χ4v) is 0.540. The minimum Gasteiger partial charge on any atom is -0.373 e. The molecule has 0 radical (unpaired) electrons. The SMILES string of the molecule is CCC(=O)C(C)C(=O)ON.Cl. The molecular formula is C6H12ClNO3. The van der Waals surface area contributed by atoms with Crippen LogP contribution in [0.25, 0.3) is 0 Å². The molecule has 0 aliphatic heterocycles. The average molecular weight is 182 g/mol. The predicted octanol–water partition coefficient (Wildman–Crippen LogP) is 0.440. The molecule has 2 N–H and O–H groups in total. The van der Waals surface area contributed by atoms with Gasteiger partial charge in [0.05, 0.1) is 0 Å². The molecule has 0 saturated carbocycles. The Morgan fingerprint density at radius 3 is 2.27 bits per heavy atom. The first-order chi connectivity index (χ1) is 4.63. The second-order valence-corrected chi connectivity index (χ2v) is 1.98. The lowest BCUT2D eigenvalue weighted by Gasteiger charge is -2.03. The van der Waals surface area contributed by atoms with Gasteiger partial charge in [0.1, 0.15) is 11.7 Å². The number of carbonyl (C=O) groups is 2. The van der Waals surface area contributed by atoms with Crippen molar-refractivity contribution in [3.05, 3.63) is 0 Å². The highest BCUT2D eigenvalue weighted by atomic mass is 35.5. The Hall–Kier alpha value is -0.610. The highest BCUT2D eigenvalue weighted by Crippen LogP contribution is 2.00. The van der Waals surface area contributed by atoms with Gasteiger partial charge in [-0.3, -0.25) is 4.79 Å². The van der Waals surface area contributed by atoms with E-state index in [4.69, 9.17) is 0 Å². The third kappa shape index (κ3) is 3.95. The molecule has 0 heterocycles. The summed E-state index contributed by atoms with van der Waals surface area (Å²) in [5.74, 6) is 3.01. The normalized spacial score (nSPS) is 11.2. The number of Topliss-reactive ketones (excluding diaryl/α,β-unsaturated/α-hetero) is 1. The first-order valence-electron chi connectivity index (χ1n) is 3.06. The molecule has 0 bridgehead atoms. The van der Waals surface area contributed by atoms with Gasteiger partial charge in [-0.15, -0.1) is 12.4 Å². The van der Waals surface area contributed by atoms with Crippen LogP contribution in [0.1, 0.15) is 20.3 Å². The molecule has 0 aromatic carbocycles. The Kier molecular flexibility index (Phi) is 7.24. The van der Waals surface area contributed by atoms with Crippen molar-refractivity contribution in [2.24, 2.45) is 11.8 Å². The molecule has 66 valence electrons. The summed E-state index contributed by atoms with van der Waals surface area (Å²) in [7, 11) is 0. The molecule has 1 unspecified atom stereocenters. The minimum atomic E-state index is -0.727. The summed E-state index contributed by atoms with van der Waals surface area (Å²) in [6, 6.07) is 0. The number of hydrogen-bond acceptors (Lipinski definition) is 4. The second-order valence-electron chi connectivity index (χ2n) is 1.98. The van der Waals surface area contributed by atoms with E-state index in [2.05, 4.69) is 10.7 Å². The van der Waals surface area contributed by atoms with Crippen LogP contribution in [0.4, 0.5) is 0 Å². The maximum absolute atomic E-state index is 10.8. The van der Waals surface area contributed by atoms with Gasteiger partial charge in [-0.1, -0.05) is 6.92 Å². The van der Waals surface area contributed by atoms with E-state index in [1.54, 1.807) is 6.92 Å². The van der Waals surface area contributed by atoms with Crippen molar-refractivity contribution < 1.29 is 14.4 Å². The van der Waals surface area contributed by atoms with E-state index in [-0.39, 0.29) is 18.2 Å². The van der Waals surface area contributed by atoms with Crippen molar-refractivity contribution >= 4 is 24.2 Å².